The normalized spacial score (nSPS) is 16.3. The van der Waals surface area contributed by atoms with Crippen LogP contribution in [-0.2, 0) is 27.3 Å². The lowest BCUT2D eigenvalue weighted by Crippen LogP contribution is -2.44. The van der Waals surface area contributed by atoms with Crippen LogP contribution in [-0.4, -0.2) is 64.2 Å². The van der Waals surface area contributed by atoms with Gasteiger partial charge in [-0.25, -0.2) is 4.79 Å². The second-order valence-electron chi connectivity index (χ2n) is 8.05. The van der Waals surface area contributed by atoms with Crippen molar-refractivity contribution in [3.8, 4) is 11.5 Å². The molecule has 1 N–H and O–H groups in total. The highest BCUT2D eigenvalue weighted by Crippen LogP contribution is 2.39. The van der Waals surface area contributed by atoms with Gasteiger partial charge in [0.05, 0.1) is 16.0 Å². The molecule has 0 saturated carbocycles. The quantitative estimate of drug-likeness (QED) is 0.472. The smallest absolute Gasteiger partial charge is 0.341 e. The molecule has 0 atom stereocenters. The maximum Gasteiger partial charge on any atom is 0.341 e. The van der Waals surface area contributed by atoms with E-state index in [2.05, 4.69) is 15.9 Å². The Bertz CT molecular complexity index is 1260. The maximum atomic E-state index is 13.0. The zero-order chi connectivity index (χ0) is 25.8. The number of carbonyl (C=O) groups is 4. The Morgan fingerprint density at radius 3 is 2.64 bits per heavy atom. The van der Waals surface area contributed by atoms with Gasteiger partial charge >= 0.3 is 5.97 Å². The third-order valence-corrected chi connectivity index (χ3v) is 7.12. The van der Waals surface area contributed by atoms with Gasteiger partial charge in [0.1, 0.15) is 6.54 Å². The average Bonchev–Trinajstić information content (AvgIpc) is 3.10. The van der Waals surface area contributed by atoms with Crippen molar-refractivity contribution in [2.24, 2.45) is 0 Å². The molecule has 0 aromatic heterocycles. The Hall–Kier alpha value is -3.31. The van der Waals surface area contributed by atoms with Crippen LogP contribution >= 0.6 is 27.7 Å². The van der Waals surface area contributed by atoms with Crippen molar-refractivity contribution < 1.29 is 33.8 Å². The van der Waals surface area contributed by atoms with Crippen LogP contribution in [0.1, 0.15) is 23.6 Å². The van der Waals surface area contributed by atoms with Gasteiger partial charge in [-0.1, -0.05) is 24.3 Å². The summed E-state index contributed by atoms with van der Waals surface area (Å²) in [5, 5.41) is 8.39. The minimum absolute atomic E-state index is 0.172. The van der Waals surface area contributed by atoms with E-state index in [4.69, 9.17) is 14.6 Å². The molecule has 188 valence electrons. The monoisotopic (exact) mass is 574 g/mol. The zero-order valence-corrected chi connectivity index (χ0v) is 21.8. The molecule has 2 aliphatic heterocycles. The molecular formula is C25H23BrN2O7S. The lowest BCUT2D eigenvalue weighted by Gasteiger charge is -2.29. The summed E-state index contributed by atoms with van der Waals surface area (Å²) in [5.41, 5.74) is 2.81. The number of nitrogens with zero attached hydrogens (tertiary/aromatic N) is 2. The van der Waals surface area contributed by atoms with Gasteiger partial charge in [-0.15, -0.1) is 0 Å². The Balaban J connectivity index is 1.49. The maximum absolute atomic E-state index is 13.0. The molecule has 0 bridgehead atoms. The molecule has 11 heteroatoms. The number of imide groups is 1. The van der Waals surface area contributed by atoms with Gasteiger partial charge in [-0.3, -0.25) is 19.3 Å². The van der Waals surface area contributed by atoms with Crippen molar-refractivity contribution in [2.45, 2.75) is 19.9 Å². The number of thioether (sulfide) groups is 1. The first-order valence-electron chi connectivity index (χ1n) is 11.2. The minimum Gasteiger partial charge on any atom is -0.490 e. The third-order valence-electron chi connectivity index (χ3n) is 5.62. The molecule has 0 radical (unpaired) electrons. The Morgan fingerprint density at radius 2 is 1.92 bits per heavy atom. The highest BCUT2D eigenvalue weighted by Gasteiger charge is 2.37. The number of carbonyl (C=O) groups excluding carboxylic acids is 3. The fourth-order valence-corrected chi connectivity index (χ4v) is 5.35. The van der Waals surface area contributed by atoms with Crippen molar-refractivity contribution in [3.05, 3.63) is 62.5 Å². The Morgan fingerprint density at radius 1 is 1.17 bits per heavy atom. The highest BCUT2D eigenvalue weighted by molar-refractivity contribution is 9.10. The number of benzene rings is 2. The van der Waals surface area contributed by atoms with Crippen LogP contribution in [0.15, 0.2) is 45.8 Å². The van der Waals surface area contributed by atoms with Gasteiger partial charge in [0, 0.05) is 13.1 Å². The van der Waals surface area contributed by atoms with Crippen LogP contribution in [0.2, 0.25) is 0 Å². The van der Waals surface area contributed by atoms with E-state index in [-0.39, 0.29) is 23.1 Å². The van der Waals surface area contributed by atoms with Crippen LogP contribution in [0.5, 0.6) is 11.5 Å². The number of rotatable bonds is 8. The van der Waals surface area contributed by atoms with Crippen LogP contribution in [0.3, 0.4) is 0 Å². The summed E-state index contributed by atoms with van der Waals surface area (Å²) in [7, 11) is 0. The molecule has 2 aromatic rings. The van der Waals surface area contributed by atoms with E-state index >= 15 is 0 Å². The van der Waals surface area contributed by atoms with E-state index in [9.17, 15) is 19.2 Å². The molecule has 2 aromatic carbocycles. The molecule has 3 amide bonds. The van der Waals surface area contributed by atoms with Crippen molar-refractivity contribution in [1.82, 2.24) is 9.80 Å². The van der Waals surface area contributed by atoms with Crippen molar-refractivity contribution >= 4 is 56.8 Å². The number of aliphatic carboxylic acids is 1. The van der Waals surface area contributed by atoms with Crippen LogP contribution in [0.25, 0.3) is 6.08 Å². The van der Waals surface area contributed by atoms with Gasteiger partial charge < -0.3 is 19.5 Å². The van der Waals surface area contributed by atoms with E-state index in [0.29, 0.717) is 35.5 Å². The number of hydrogen-bond acceptors (Lipinski definition) is 7. The lowest BCUT2D eigenvalue weighted by molar-refractivity contribution is -0.139. The molecular weight excluding hydrogens is 552 g/mol. The fraction of sp³-hybridized carbons (Fsp3) is 0.280. The van der Waals surface area contributed by atoms with Crippen LogP contribution in [0, 0.1) is 0 Å². The summed E-state index contributed by atoms with van der Waals surface area (Å²) < 4.78 is 11.3. The number of amides is 3. The molecule has 0 unspecified atom stereocenters. The minimum atomic E-state index is -1.13. The summed E-state index contributed by atoms with van der Waals surface area (Å²) in [5.74, 6) is -1.45. The topological polar surface area (TPSA) is 113 Å². The van der Waals surface area contributed by atoms with Gasteiger partial charge in [0.25, 0.3) is 11.1 Å². The summed E-state index contributed by atoms with van der Waals surface area (Å²) in [4.78, 5) is 52.2. The van der Waals surface area contributed by atoms with Gasteiger partial charge in [-0.2, -0.15) is 0 Å². The number of carboxylic acid groups (broad SMARTS) is 1. The van der Waals surface area contributed by atoms with E-state index < -0.39 is 23.7 Å². The Kier molecular flexibility index (Phi) is 8.00. The molecule has 9 nitrogen and oxygen atoms in total. The molecule has 1 saturated heterocycles. The molecule has 4 rings (SSSR count). The molecule has 2 aliphatic rings. The number of carboxylic acids is 1. The second kappa shape index (κ2) is 11.2. The summed E-state index contributed by atoms with van der Waals surface area (Å²) in [6.07, 6.45) is 2.26. The number of hydrogen-bond donors (Lipinski definition) is 1. The highest BCUT2D eigenvalue weighted by atomic mass is 79.9. The van der Waals surface area contributed by atoms with Gasteiger partial charge in [0.15, 0.2) is 18.1 Å². The average molecular weight is 575 g/mol. The fourth-order valence-electron chi connectivity index (χ4n) is 3.94. The number of halogens is 1. The lowest BCUT2D eigenvalue weighted by atomic mass is 10.00. The van der Waals surface area contributed by atoms with Crippen molar-refractivity contribution in [1.29, 1.82) is 0 Å². The van der Waals surface area contributed by atoms with Gasteiger partial charge in [-0.05, 0) is 75.9 Å². The summed E-state index contributed by atoms with van der Waals surface area (Å²) in [6.45, 7) is 2.19. The SMILES string of the molecule is CCOc1cc(/C=C2\SC(=O)N(CC(=O)N3CCc4ccccc4C3)C2=O)cc(Br)c1OCC(=O)O. The number of fused-ring (bicyclic) bond motifs is 1. The first-order chi connectivity index (χ1) is 17.3. The zero-order valence-electron chi connectivity index (χ0n) is 19.4. The van der Waals surface area contributed by atoms with Crippen LogP contribution < -0.4 is 9.47 Å². The summed E-state index contributed by atoms with van der Waals surface area (Å²) >= 11 is 4.11. The largest absolute Gasteiger partial charge is 0.490 e. The predicted molar refractivity (Wildman–Crippen MR) is 137 cm³/mol. The van der Waals surface area contributed by atoms with Crippen molar-refractivity contribution in [3.63, 3.8) is 0 Å². The molecule has 0 aliphatic carbocycles. The van der Waals surface area contributed by atoms with Gasteiger partial charge in [0.2, 0.25) is 5.91 Å². The summed E-state index contributed by atoms with van der Waals surface area (Å²) in [6, 6.07) is 11.1. The molecule has 2 heterocycles. The standard InChI is InChI=1S/C25H23BrN2O7S/c1-2-34-19-10-15(9-18(26)23(19)35-14-22(30)31)11-20-24(32)28(25(33)36-20)13-21(29)27-8-7-16-5-3-4-6-17(16)12-27/h3-6,9-11H,2,7-8,12-14H2,1H3,(H,30,31)/b20-11-. The second-order valence-corrected chi connectivity index (χ2v) is 9.89. The number of ether oxygens (including phenoxy) is 2. The van der Waals surface area contributed by atoms with E-state index in [1.165, 1.54) is 11.6 Å². The molecule has 1 fully saturated rings. The van der Waals surface area contributed by atoms with E-state index in [0.717, 1.165) is 28.6 Å². The molecule has 36 heavy (non-hydrogen) atoms. The van der Waals surface area contributed by atoms with E-state index in [1.54, 1.807) is 24.0 Å². The third kappa shape index (κ3) is 5.73. The first kappa shape index (κ1) is 25.8. The Labute approximate surface area is 220 Å². The first-order valence-corrected chi connectivity index (χ1v) is 12.8. The predicted octanol–water partition coefficient (Wildman–Crippen LogP) is 3.93. The van der Waals surface area contributed by atoms with E-state index in [1.807, 2.05) is 24.3 Å². The van der Waals surface area contributed by atoms with Crippen molar-refractivity contribution in [2.75, 3.05) is 26.3 Å². The van der Waals surface area contributed by atoms with Crippen LogP contribution in [0.4, 0.5) is 4.79 Å². The molecule has 0 spiro atoms.